The van der Waals surface area contributed by atoms with Crippen LogP contribution in [0.25, 0.3) is 0 Å². The Morgan fingerprint density at radius 1 is 1.18 bits per heavy atom. The largest absolute Gasteiger partial charge is 0.493 e. The van der Waals surface area contributed by atoms with Gasteiger partial charge in [-0.25, -0.2) is 0 Å². The van der Waals surface area contributed by atoms with Crippen molar-refractivity contribution >= 4 is 0 Å². The molecule has 1 rings (SSSR count). The summed E-state index contributed by atoms with van der Waals surface area (Å²) in [5, 5.41) is 0. The van der Waals surface area contributed by atoms with Gasteiger partial charge in [0, 0.05) is 0 Å². The van der Waals surface area contributed by atoms with Crippen molar-refractivity contribution in [3.63, 3.8) is 0 Å². The van der Waals surface area contributed by atoms with Crippen LogP contribution in [0.4, 0.5) is 0 Å². The molecule has 0 aliphatic heterocycles. The monoisotopic (exact) mass is 235 g/mol. The molecule has 0 aromatic heterocycles. The summed E-state index contributed by atoms with van der Waals surface area (Å²) in [7, 11) is 0. The van der Waals surface area contributed by atoms with Crippen molar-refractivity contribution in [3.8, 4) is 5.75 Å². The first-order valence-corrected chi connectivity index (χ1v) is 6.37. The van der Waals surface area contributed by atoms with Crippen molar-refractivity contribution in [2.24, 2.45) is 11.7 Å². The number of nitrogens with two attached hydrogens (primary N) is 1. The summed E-state index contributed by atoms with van der Waals surface area (Å²) in [6.07, 6.45) is 1.01. The highest BCUT2D eigenvalue weighted by Crippen LogP contribution is 2.24. The predicted molar refractivity (Wildman–Crippen MR) is 73.5 cm³/mol. The SMILES string of the molecule is CC(CCN)COc1ccc(C(C)(C)C)cc1. The third kappa shape index (κ3) is 4.78. The fourth-order valence-corrected chi connectivity index (χ4v) is 1.66. The zero-order valence-electron chi connectivity index (χ0n) is 11.5. The molecule has 1 aromatic rings. The standard InChI is InChI=1S/C15H25NO/c1-12(9-10-16)11-17-14-7-5-13(6-8-14)15(2,3)4/h5-8,12H,9-11,16H2,1-4H3. The molecule has 96 valence electrons. The first kappa shape index (κ1) is 14.0. The Balaban J connectivity index is 2.51. The number of ether oxygens (including phenoxy) is 1. The second kappa shape index (κ2) is 6.06. The van der Waals surface area contributed by atoms with Gasteiger partial charge in [0.15, 0.2) is 0 Å². The van der Waals surface area contributed by atoms with E-state index in [1.54, 1.807) is 0 Å². The smallest absolute Gasteiger partial charge is 0.119 e. The summed E-state index contributed by atoms with van der Waals surface area (Å²) in [4.78, 5) is 0. The third-order valence-corrected chi connectivity index (χ3v) is 2.91. The van der Waals surface area contributed by atoms with Crippen molar-refractivity contribution in [3.05, 3.63) is 29.8 Å². The van der Waals surface area contributed by atoms with Crippen LogP contribution in [0.2, 0.25) is 0 Å². The summed E-state index contributed by atoms with van der Waals surface area (Å²) in [6, 6.07) is 8.39. The van der Waals surface area contributed by atoms with Gasteiger partial charge in [-0.1, -0.05) is 39.8 Å². The van der Waals surface area contributed by atoms with E-state index in [1.165, 1.54) is 5.56 Å². The molecule has 0 aliphatic carbocycles. The maximum Gasteiger partial charge on any atom is 0.119 e. The predicted octanol–water partition coefficient (Wildman–Crippen LogP) is 3.35. The quantitative estimate of drug-likeness (QED) is 0.849. The fourth-order valence-electron chi connectivity index (χ4n) is 1.66. The molecule has 1 atom stereocenters. The van der Waals surface area contributed by atoms with E-state index in [2.05, 4.69) is 52.0 Å². The number of rotatable bonds is 5. The van der Waals surface area contributed by atoms with Crippen LogP contribution >= 0.6 is 0 Å². The molecule has 0 saturated carbocycles. The van der Waals surface area contributed by atoms with E-state index in [0.717, 1.165) is 25.3 Å². The lowest BCUT2D eigenvalue weighted by Gasteiger charge is -2.19. The summed E-state index contributed by atoms with van der Waals surface area (Å²) < 4.78 is 5.73. The van der Waals surface area contributed by atoms with E-state index >= 15 is 0 Å². The molecule has 0 fully saturated rings. The lowest BCUT2D eigenvalue weighted by atomic mass is 9.87. The van der Waals surface area contributed by atoms with Crippen molar-refractivity contribution in [1.82, 2.24) is 0 Å². The summed E-state index contributed by atoms with van der Waals surface area (Å²) in [5.74, 6) is 1.46. The van der Waals surface area contributed by atoms with Gasteiger partial charge in [0.05, 0.1) is 6.61 Å². The average molecular weight is 235 g/mol. The second-order valence-electron chi connectivity index (χ2n) is 5.77. The zero-order chi connectivity index (χ0) is 12.9. The van der Waals surface area contributed by atoms with Gasteiger partial charge < -0.3 is 10.5 Å². The molecule has 0 aliphatic rings. The Kier molecular flexibility index (Phi) is 5.01. The molecule has 0 heterocycles. The van der Waals surface area contributed by atoms with E-state index in [0.29, 0.717) is 5.92 Å². The normalized spacial score (nSPS) is 13.5. The molecule has 17 heavy (non-hydrogen) atoms. The number of hydrogen-bond donors (Lipinski definition) is 1. The topological polar surface area (TPSA) is 35.2 Å². The number of benzene rings is 1. The number of hydrogen-bond acceptors (Lipinski definition) is 2. The highest BCUT2D eigenvalue weighted by Gasteiger charge is 2.13. The minimum absolute atomic E-state index is 0.200. The minimum atomic E-state index is 0.200. The molecular formula is C15H25NO. The van der Waals surface area contributed by atoms with Gasteiger partial charge in [-0.2, -0.15) is 0 Å². The van der Waals surface area contributed by atoms with Gasteiger partial charge in [0.1, 0.15) is 5.75 Å². The van der Waals surface area contributed by atoms with Gasteiger partial charge in [0.25, 0.3) is 0 Å². The van der Waals surface area contributed by atoms with Crippen LogP contribution in [0.1, 0.15) is 39.7 Å². The molecule has 2 heteroatoms. The maximum atomic E-state index is 5.73. The Labute approximate surface area is 105 Å². The van der Waals surface area contributed by atoms with Crippen molar-refractivity contribution in [2.75, 3.05) is 13.2 Å². The molecule has 0 spiro atoms. The average Bonchev–Trinajstić information content (AvgIpc) is 2.26. The summed E-state index contributed by atoms with van der Waals surface area (Å²) >= 11 is 0. The van der Waals surface area contributed by atoms with E-state index in [9.17, 15) is 0 Å². The highest BCUT2D eigenvalue weighted by molar-refractivity contribution is 5.31. The van der Waals surface area contributed by atoms with Crippen LogP contribution in [0, 0.1) is 5.92 Å². The molecule has 2 nitrogen and oxygen atoms in total. The maximum absolute atomic E-state index is 5.73. The van der Waals surface area contributed by atoms with Gasteiger partial charge in [-0.05, 0) is 42.0 Å². The van der Waals surface area contributed by atoms with Crippen LogP contribution in [0.3, 0.4) is 0 Å². The first-order chi connectivity index (χ1) is 7.93. The highest BCUT2D eigenvalue weighted by atomic mass is 16.5. The molecular weight excluding hydrogens is 210 g/mol. The molecule has 0 bridgehead atoms. The molecule has 2 N–H and O–H groups in total. The Morgan fingerprint density at radius 3 is 2.24 bits per heavy atom. The molecule has 0 radical (unpaired) electrons. The molecule has 1 aromatic carbocycles. The lowest BCUT2D eigenvalue weighted by Crippen LogP contribution is -2.14. The lowest BCUT2D eigenvalue weighted by molar-refractivity contribution is 0.254. The Hall–Kier alpha value is -1.02. The van der Waals surface area contributed by atoms with E-state index in [-0.39, 0.29) is 5.41 Å². The van der Waals surface area contributed by atoms with Gasteiger partial charge in [0.2, 0.25) is 0 Å². The van der Waals surface area contributed by atoms with Gasteiger partial charge >= 0.3 is 0 Å². The minimum Gasteiger partial charge on any atom is -0.493 e. The van der Waals surface area contributed by atoms with Crippen molar-refractivity contribution in [1.29, 1.82) is 0 Å². The molecule has 0 saturated heterocycles. The van der Waals surface area contributed by atoms with Crippen LogP contribution in [0.5, 0.6) is 5.75 Å². The van der Waals surface area contributed by atoms with Gasteiger partial charge in [-0.3, -0.25) is 0 Å². The third-order valence-electron chi connectivity index (χ3n) is 2.91. The Bertz CT molecular complexity index is 324. The molecule has 1 unspecified atom stereocenters. The molecule has 0 amide bonds. The van der Waals surface area contributed by atoms with E-state index in [4.69, 9.17) is 10.5 Å². The van der Waals surface area contributed by atoms with Crippen LogP contribution < -0.4 is 10.5 Å². The van der Waals surface area contributed by atoms with Crippen LogP contribution in [0.15, 0.2) is 24.3 Å². The summed E-state index contributed by atoms with van der Waals surface area (Å²) in [5.41, 5.74) is 7.04. The van der Waals surface area contributed by atoms with Crippen LogP contribution in [-0.4, -0.2) is 13.2 Å². The first-order valence-electron chi connectivity index (χ1n) is 6.37. The van der Waals surface area contributed by atoms with Crippen molar-refractivity contribution in [2.45, 2.75) is 39.5 Å². The zero-order valence-corrected chi connectivity index (χ0v) is 11.5. The van der Waals surface area contributed by atoms with Crippen molar-refractivity contribution < 1.29 is 4.74 Å². The Morgan fingerprint density at radius 2 is 1.76 bits per heavy atom. The van der Waals surface area contributed by atoms with E-state index in [1.807, 2.05) is 0 Å². The second-order valence-corrected chi connectivity index (χ2v) is 5.77. The van der Waals surface area contributed by atoms with Crippen LogP contribution in [-0.2, 0) is 5.41 Å². The fraction of sp³-hybridized carbons (Fsp3) is 0.600. The van der Waals surface area contributed by atoms with E-state index < -0.39 is 0 Å². The summed E-state index contributed by atoms with van der Waals surface area (Å²) in [6.45, 7) is 10.3. The van der Waals surface area contributed by atoms with Gasteiger partial charge in [-0.15, -0.1) is 0 Å².